The van der Waals surface area contributed by atoms with Crippen LogP contribution in [0.25, 0.3) is 0 Å². The molecule has 0 aromatic heterocycles. The van der Waals surface area contributed by atoms with Crippen LogP contribution in [-0.2, 0) is 14.6 Å². The van der Waals surface area contributed by atoms with Crippen molar-refractivity contribution in [2.45, 2.75) is 24.0 Å². The van der Waals surface area contributed by atoms with Gasteiger partial charge in [0.1, 0.15) is 5.94 Å². The summed E-state index contributed by atoms with van der Waals surface area (Å²) in [5.41, 5.74) is 0.993. The van der Waals surface area contributed by atoms with Gasteiger partial charge in [-0.3, -0.25) is 0 Å². The van der Waals surface area contributed by atoms with Crippen molar-refractivity contribution >= 4 is 15.8 Å². The maximum absolute atomic E-state index is 11.8. The molecule has 80 valence electrons. The van der Waals surface area contributed by atoms with Gasteiger partial charge in [-0.05, 0) is 26.0 Å². The highest BCUT2D eigenvalue weighted by Crippen LogP contribution is 2.16. The molecule has 0 aliphatic rings. The number of sulfone groups is 1. The zero-order chi connectivity index (χ0) is 11.5. The van der Waals surface area contributed by atoms with Crippen molar-refractivity contribution in [1.82, 2.24) is 0 Å². The van der Waals surface area contributed by atoms with Gasteiger partial charge < -0.3 is 0 Å². The van der Waals surface area contributed by atoms with Crippen LogP contribution in [0.15, 0.2) is 35.2 Å². The van der Waals surface area contributed by atoms with Crippen molar-refractivity contribution in [2.75, 3.05) is 0 Å². The second-order valence-electron chi connectivity index (χ2n) is 3.35. The van der Waals surface area contributed by atoms with Crippen LogP contribution in [-0.4, -0.2) is 19.6 Å². The van der Waals surface area contributed by atoms with Crippen LogP contribution >= 0.6 is 0 Å². The Hall–Kier alpha value is -1.38. The van der Waals surface area contributed by atoms with E-state index in [-0.39, 0.29) is 4.90 Å². The zero-order valence-corrected chi connectivity index (χ0v) is 9.41. The molecule has 3 nitrogen and oxygen atoms in total. The van der Waals surface area contributed by atoms with E-state index >= 15 is 0 Å². The molecule has 0 bridgehead atoms. The van der Waals surface area contributed by atoms with E-state index in [0.29, 0.717) is 0 Å². The molecule has 1 rings (SSSR count). The maximum atomic E-state index is 11.8. The molecule has 0 spiro atoms. The highest BCUT2D eigenvalue weighted by Gasteiger charge is 2.20. The van der Waals surface area contributed by atoms with Gasteiger partial charge in [-0.2, -0.15) is 0 Å². The monoisotopic (exact) mass is 224 g/mol. The van der Waals surface area contributed by atoms with Gasteiger partial charge in [0.05, 0.1) is 10.1 Å². The SMILES string of the molecule is Cc1ccc(S(=O)(=O)C(C)C=C=O)cc1. The molecule has 0 aliphatic carbocycles. The predicted molar refractivity (Wildman–Crippen MR) is 58.1 cm³/mol. The summed E-state index contributed by atoms with van der Waals surface area (Å²) in [7, 11) is -3.44. The summed E-state index contributed by atoms with van der Waals surface area (Å²) in [6.45, 7) is 3.34. The molecule has 0 N–H and O–H groups in total. The summed E-state index contributed by atoms with van der Waals surface area (Å²) in [5.74, 6) is 1.50. The van der Waals surface area contributed by atoms with Gasteiger partial charge in [0.25, 0.3) is 0 Å². The molecular weight excluding hydrogens is 212 g/mol. The number of aryl methyl sites for hydroxylation is 1. The van der Waals surface area contributed by atoms with Crippen molar-refractivity contribution in [3.05, 3.63) is 35.9 Å². The minimum Gasteiger partial charge on any atom is -0.234 e. The maximum Gasteiger partial charge on any atom is 0.185 e. The Labute approximate surface area is 89.4 Å². The van der Waals surface area contributed by atoms with Gasteiger partial charge in [0.15, 0.2) is 9.84 Å². The van der Waals surface area contributed by atoms with E-state index in [2.05, 4.69) is 0 Å². The normalized spacial score (nSPS) is 12.9. The van der Waals surface area contributed by atoms with Crippen molar-refractivity contribution in [2.24, 2.45) is 0 Å². The average molecular weight is 224 g/mol. The predicted octanol–water partition coefficient (Wildman–Crippen LogP) is 1.55. The van der Waals surface area contributed by atoms with Crippen molar-refractivity contribution in [3.8, 4) is 0 Å². The van der Waals surface area contributed by atoms with E-state index < -0.39 is 15.1 Å². The quantitative estimate of drug-likeness (QED) is 0.732. The minimum atomic E-state index is -3.44. The first-order valence-electron chi connectivity index (χ1n) is 4.50. The van der Waals surface area contributed by atoms with Crippen LogP contribution in [0.5, 0.6) is 0 Å². The first kappa shape index (κ1) is 11.7. The van der Waals surface area contributed by atoms with Gasteiger partial charge in [-0.1, -0.05) is 17.7 Å². The number of hydrogen-bond donors (Lipinski definition) is 0. The van der Waals surface area contributed by atoms with E-state index in [9.17, 15) is 13.2 Å². The molecule has 15 heavy (non-hydrogen) atoms. The second kappa shape index (κ2) is 4.43. The Morgan fingerprint density at radius 2 is 1.80 bits per heavy atom. The van der Waals surface area contributed by atoms with Gasteiger partial charge >= 0.3 is 0 Å². The van der Waals surface area contributed by atoms with Gasteiger partial charge in [0.2, 0.25) is 0 Å². The molecule has 1 aromatic carbocycles. The van der Waals surface area contributed by atoms with Crippen molar-refractivity contribution in [3.63, 3.8) is 0 Å². The molecule has 0 amide bonds. The number of hydrogen-bond acceptors (Lipinski definition) is 3. The Kier molecular flexibility index (Phi) is 3.45. The molecular formula is C11H12O3S. The molecule has 0 radical (unpaired) electrons. The molecule has 1 atom stereocenters. The van der Waals surface area contributed by atoms with Crippen molar-refractivity contribution < 1.29 is 13.2 Å². The number of carbonyl (C=O) groups excluding carboxylic acids is 1. The largest absolute Gasteiger partial charge is 0.234 e. The lowest BCUT2D eigenvalue weighted by Crippen LogP contribution is -2.15. The molecule has 0 saturated heterocycles. The first-order valence-corrected chi connectivity index (χ1v) is 6.04. The Morgan fingerprint density at radius 1 is 1.27 bits per heavy atom. The molecule has 0 heterocycles. The summed E-state index contributed by atoms with van der Waals surface area (Å²) in [5, 5.41) is -0.835. The third-order valence-electron chi connectivity index (χ3n) is 2.14. The van der Waals surface area contributed by atoms with E-state index in [1.807, 2.05) is 6.92 Å². The fraction of sp³-hybridized carbons (Fsp3) is 0.273. The molecule has 0 aliphatic heterocycles. The molecule has 0 fully saturated rings. The molecule has 1 aromatic rings. The lowest BCUT2D eigenvalue weighted by molar-refractivity contribution is 0.566. The fourth-order valence-electron chi connectivity index (χ4n) is 1.13. The molecule has 0 saturated carbocycles. The van der Waals surface area contributed by atoms with Crippen LogP contribution in [0.3, 0.4) is 0 Å². The van der Waals surface area contributed by atoms with Crippen LogP contribution in [0, 0.1) is 6.92 Å². The molecule has 4 heteroatoms. The Balaban J connectivity index is 3.17. The summed E-state index contributed by atoms with van der Waals surface area (Å²) >= 11 is 0. The van der Waals surface area contributed by atoms with Crippen LogP contribution in [0.4, 0.5) is 0 Å². The number of rotatable bonds is 3. The summed E-state index contributed by atoms with van der Waals surface area (Å²) in [4.78, 5) is 10.3. The van der Waals surface area contributed by atoms with Gasteiger partial charge in [0, 0.05) is 6.08 Å². The standard InChI is InChI=1S/C11H12O3S/c1-9-3-5-11(6-4-9)15(13,14)10(2)7-8-12/h3-7,10H,1-2H3. The highest BCUT2D eigenvalue weighted by atomic mass is 32.2. The smallest absolute Gasteiger partial charge is 0.185 e. The molecule has 1 unspecified atom stereocenters. The average Bonchev–Trinajstić information content (AvgIpc) is 2.18. The third kappa shape index (κ3) is 2.55. The first-order chi connectivity index (χ1) is 6.98. The topological polar surface area (TPSA) is 51.2 Å². The van der Waals surface area contributed by atoms with E-state index in [1.54, 1.807) is 24.3 Å². The van der Waals surface area contributed by atoms with E-state index in [4.69, 9.17) is 0 Å². The Morgan fingerprint density at radius 3 is 2.27 bits per heavy atom. The summed E-state index contributed by atoms with van der Waals surface area (Å²) in [6, 6.07) is 6.54. The summed E-state index contributed by atoms with van der Waals surface area (Å²) in [6.07, 6.45) is 1.01. The third-order valence-corrected chi connectivity index (χ3v) is 4.19. The van der Waals surface area contributed by atoms with Crippen molar-refractivity contribution in [1.29, 1.82) is 0 Å². The van der Waals surface area contributed by atoms with Crippen LogP contribution in [0.2, 0.25) is 0 Å². The zero-order valence-electron chi connectivity index (χ0n) is 8.60. The van der Waals surface area contributed by atoms with E-state index in [1.165, 1.54) is 12.9 Å². The highest BCUT2D eigenvalue weighted by molar-refractivity contribution is 7.92. The van der Waals surface area contributed by atoms with Gasteiger partial charge in [-0.25, -0.2) is 13.2 Å². The van der Waals surface area contributed by atoms with Gasteiger partial charge in [-0.15, -0.1) is 0 Å². The van der Waals surface area contributed by atoms with E-state index in [0.717, 1.165) is 11.6 Å². The lowest BCUT2D eigenvalue weighted by atomic mass is 10.2. The number of benzene rings is 1. The summed E-state index contributed by atoms with van der Waals surface area (Å²) < 4.78 is 23.6. The van der Waals surface area contributed by atoms with Crippen LogP contribution < -0.4 is 0 Å². The van der Waals surface area contributed by atoms with Crippen LogP contribution in [0.1, 0.15) is 12.5 Å². The Bertz CT molecular complexity index is 479. The second-order valence-corrected chi connectivity index (χ2v) is 5.65. The fourth-order valence-corrected chi connectivity index (χ4v) is 2.31. The minimum absolute atomic E-state index is 0.229. The lowest BCUT2D eigenvalue weighted by Gasteiger charge is -2.07.